The maximum absolute atomic E-state index is 11.2. The third kappa shape index (κ3) is 3.87. The highest BCUT2D eigenvalue weighted by Gasteiger charge is 2.05. The first kappa shape index (κ1) is 13.1. The van der Waals surface area contributed by atoms with Gasteiger partial charge >= 0.3 is 5.97 Å². The largest absolute Gasteiger partial charge is 0.465 e. The molecule has 0 aliphatic heterocycles. The second-order valence-electron chi connectivity index (χ2n) is 3.49. The fourth-order valence-electron chi connectivity index (χ4n) is 1.15. The molecule has 0 spiro atoms. The minimum absolute atomic E-state index is 0.185. The molecule has 0 fully saturated rings. The Labute approximate surface area is 99.8 Å². The van der Waals surface area contributed by atoms with Crippen molar-refractivity contribution in [3.8, 4) is 0 Å². The van der Waals surface area contributed by atoms with E-state index in [-0.39, 0.29) is 17.8 Å². The number of aliphatic hydroxyl groups excluding tert-OH is 1. The number of benzene rings is 1. The molecule has 0 aliphatic rings. The number of hydrogen-bond donors (Lipinski definition) is 1. The Morgan fingerprint density at radius 1 is 1.44 bits per heavy atom. The molecule has 0 heterocycles. The average molecular weight is 240 g/mol. The van der Waals surface area contributed by atoms with E-state index < -0.39 is 0 Å². The van der Waals surface area contributed by atoms with Crippen LogP contribution in [0.1, 0.15) is 22.8 Å². The molecule has 0 amide bonds. The lowest BCUT2D eigenvalue weighted by Gasteiger charge is -2.07. The fraction of sp³-hybridized carbons (Fsp3) is 0.417. The summed E-state index contributed by atoms with van der Waals surface area (Å²) >= 11 is 1.68. The van der Waals surface area contributed by atoms with Gasteiger partial charge in [-0.2, -0.15) is 11.8 Å². The molecule has 16 heavy (non-hydrogen) atoms. The van der Waals surface area contributed by atoms with Gasteiger partial charge in [0, 0.05) is 11.0 Å². The maximum atomic E-state index is 11.2. The monoisotopic (exact) mass is 240 g/mol. The number of thioether (sulfide) groups is 1. The number of methoxy groups -OCH3 is 1. The van der Waals surface area contributed by atoms with Crippen LogP contribution in [0.4, 0.5) is 0 Å². The van der Waals surface area contributed by atoms with Crippen molar-refractivity contribution in [2.24, 2.45) is 0 Å². The minimum Gasteiger partial charge on any atom is -0.465 e. The van der Waals surface area contributed by atoms with Crippen molar-refractivity contribution in [3.63, 3.8) is 0 Å². The van der Waals surface area contributed by atoms with E-state index in [4.69, 9.17) is 5.11 Å². The van der Waals surface area contributed by atoms with Crippen molar-refractivity contribution in [3.05, 3.63) is 35.4 Å². The fourth-order valence-corrected chi connectivity index (χ4v) is 1.92. The molecule has 0 aromatic heterocycles. The van der Waals surface area contributed by atoms with Gasteiger partial charge < -0.3 is 9.84 Å². The summed E-state index contributed by atoms with van der Waals surface area (Å²) in [4.78, 5) is 11.2. The van der Waals surface area contributed by atoms with Gasteiger partial charge in [-0.3, -0.25) is 0 Å². The van der Waals surface area contributed by atoms with E-state index in [1.165, 1.54) is 7.11 Å². The SMILES string of the molecule is COC(=O)c1ccc(CSC(C)CO)cc1. The summed E-state index contributed by atoms with van der Waals surface area (Å²) in [5, 5.41) is 9.12. The summed E-state index contributed by atoms with van der Waals surface area (Å²) in [5.41, 5.74) is 1.70. The van der Waals surface area contributed by atoms with E-state index in [1.54, 1.807) is 23.9 Å². The van der Waals surface area contributed by atoms with Gasteiger partial charge in [0.05, 0.1) is 19.3 Å². The molecule has 0 bridgehead atoms. The molecule has 1 atom stereocenters. The van der Waals surface area contributed by atoms with Crippen LogP contribution in [-0.2, 0) is 10.5 Å². The first-order valence-corrected chi connectivity index (χ1v) is 6.12. The summed E-state index contributed by atoms with van der Waals surface area (Å²) in [7, 11) is 1.37. The highest BCUT2D eigenvalue weighted by atomic mass is 32.2. The van der Waals surface area contributed by atoms with E-state index in [1.807, 2.05) is 19.1 Å². The second-order valence-corrected chi connectivity index (χ2v) is 4.92. The zero-order valence-electron chi connectivity index (χ0n) is 9.47. The summed E-state index contributed by atoms with van der Waals surface area (Å²) in [6.45, 7) is 2.17. The lowest BCUT2D eigenvalue weighted by molar-refractivity contribution is 0.0600. The smallest absolute Gasteiger partial charge is 0.337 e. The van der Waals surface area contributed by atoms with Crippen LogP contribution in [-0.4, -0.2) is 30.0 Å². The normalized spacial score (nSPS) is 12.2. The van der Waals surface area contributed by atoms with Crippen LogP contribution in [0.25, 0.3) is 0 Å². The minimum atomic E-state index is -0.317. The Hall–Kier alpha value is -1.00. The van der Waals surface area contributed by atoms with E-state index >= 15 is 0 Å². The van der Waals surface area contributed by atoms with Crippen molar-refractivity contribution < 1.29 is 14.6 Å². The number of esters is 1. The number of rotatable bonds is 5. The number of ether oxygens (including phenoxy) is 1. The molecule has 1 rings (SSSR count). The van der Waals surface area contributed by atoms with E-state index in [0.717, 1.165) is 11.3 Å². The molecule has 0 saturated heterocycles. The van der Waals surface area contributed by atoms with Crippen LogP contribution >= 0.6 is 11.8 Å². The second kappa shape index (κ2) is 6.55. The topological polar surface area (TPSA) is 46.5 Å². The van der Waals surface area contributed by atoms with Gasteiger partial charge in [-0.25, -0.2) is 4.79 Å². The Morgan fingerprint density at radius 3 is 2.56 bits per heavy atom. The summed E-state index contributed by atoms with van der Waals surface area (Å²) in [5.74, 6) is 0.520. The highest BCUT2D eigenvalue weighted by Crippen LogP contribution is 2.17. The van der Waals surface area contributed by atoms with Crippen LogP contribution < -0.4 is 0 Å². The van der Waals surface area contributed by atoms with Gasteiger partial charge in [-0.05, 0) is 17.7 Å². The molecule has 1 aromatic rings. The number of carbonyl (C=O) groups is 1. The maximum Gasteiger partial charge on any atom is 0.337 e. The zero-order chi connectivity index (χ0) is 12.0. The van der Waals surface area contributed by atoms with Gasteiger partial charge in [0.15, 0.2) is 0 Å². The molecular formula is C12H16O3S. The highest BCUT2D eigenvalue weighted by molar-refractivity contribution is 7.99. The Balaban J connectivity index is 2.54. The lowest BCUT2D eigenvalue weighted by Crippen LogP contribution is -2.03. The Bertz CT molecular complexity index is 335. The van der Waals surface area contributed by atoms with Crippen LogP contribution in [0.2, 0.25) is 0 Å². The van der Waals surface area contributed by atoms with Crippen molar-refractivity contribution in [2.45, 2.75) is 17.9 Å². The molecule has 1 unspecified atom stereocenters. The summed E-state index contributed by atoms with van der Waals surface area (Å²) in [6, 6.07) is 7.32. The third-order valence-corrected chi connectivity index (χ3v) is 3.38. The summed E-state index contributed by atoms with van der Waals surface area (Å²) < 4.78 is 4.61. The third-order valence-electron chi connectivity index (χ3n) is 2.17. The lowest BCUT2D eigenvalue weighted by atomic mass is 10.1. The average Bonchev–Trinajstić information content (AvgIpc) is 2.35. The molecule has 4 heteroatoms. The van der Waals surface area contributed by atoms with Crippen LogP contribution in [0.3, 0.4) is 0 Å². The quantitative estimate of drug-likeness (QED) is 0.800. The molecule has 1 N–H and O–H groups in total. The summed E-state index contributed by atoms with van der Waals surface area (Å²) in [6.07, 6.45) is 0. The van der Waals surface area contributed by atoms with Gasteiger partial charge in [-0.15, -0.1) is 0 Å². The van der Waals surface area contributed by atoms with Gasteiger partial charge in [0.2, 0.25) is 0 Å². The number of carbonyl (C=O) groups excluding carboxylic acids is 1. The molecule has 0 radical (unpaired) electrons. The van der Waals surface area contributed by atoms with Crippen LogP contribution in [0.5, 0.6) is 0 Å². The van der Waals surface area contributed by atoms with E-state index in [9.17, 15) is 4.79 Å². The molecule has 1 aromatic carbocycles. The van der Waals surface area contributed by atoms with Gasteiger partial charge in [0.1, 0.15) is 0 Å². The van der Waals surface area contributed by atoms with Crippen molar-refractivity contribution >= 4 is 17.7 Å². The Kier molecular flexibility index (Phi) is 5.35. The first-order valence-electron chi connectivity index (χ1n) is 5.07. The first-order chi connectivity index (χ1) is 7.67. The van der Waals surface area contributed by atoms with Crippen molar-refractivity contribution in [1.82, 2.24) is 0 Å². The van der Waals surface area contributed by atoms with Crippen LogP contribution in [0.15, 0.2) is 24.3 Å². The molecular weight excluding hydrogens is 224 g/mol. The van der Waals surface area contributed by atoms with Gasteiger partial charge in [-0.1, -0.05) is 19.1 Å². The number of aliphatic hydroxyl groups is 1. The number of hydrogen-bond acceptors (Lipinski definition) is 4. The standard InChI is InChI=1S/C12H16O3S/c1-9(7-13)16-8-10-3-5-11(6-4-10)12(14)15-2/h3-6,9,13H,7-8H2,1-2H3. The zero-order valence-corrected chi connectivity index (χ0v) is 10.3. The molecule has 3 nitrogen and oxygen atoms in total. The predicted molar refractivity (Wildman–Crippen MR) is 65.6 cm³/mol. The molecule has 0 saturated carbocycles. The van der Waals surface area contributed by atoms with E-state index in [0.29, 0.717) is 5.56 Å². The molecule has 0 aliphatic carbocycles. The Morgan fingerprint density at radius 2 is 2.06 bits per heavy atom. The van der Waals surface area contributed by atoms with E-state index in [2.05, 4.69) is 4.74 Å². The van der Waals surface area contributed by atoms with Crippen LogP contribution in [0, 0.1) is 0 Å². The predicted octanol–water partition coefficient (Wildman–Crippen LogP) is 2.09. The van der Waals surface area contributed by atoms with Gasteiger partial charge in [0.25, 0.3) is 0 Å². The molecule has 88 valence electrons. The van der Waals surface area contributed by atoms with Crippen molar-refractivity contribution in [1.29, 1.82) is 0 Å². The van der Waals surface area contributed by atoms with Crippen molar-refractivity contribution in [2.75, 3.05) is 13.7 Å².